The average Bonchev–Trinajstić information content (AvgIpc) is 3.02. The second-order valence-electron chi connectivity index (χ2n) is 5.33. The Morgan fingerprint density at radius 2 is 2.00 bits per heavy atom. The molecule has 7 nitrogen and oxygen atoms in total. The van der Waals surface area contributed by atoms with Crippen LogP contribution in [-0.2, 0) is 9.84 Å². The van der Waals surface area contributed by atoms with Crippen LogP contribution in [0, 0.1) is 6.92 Å². The predicted octanol–water partition coefficient (Wildman–Crippen LogP) is 0.493. The van der Waals surface area contributed by atoms with Crippen molar-refractivity contribution in [1.82, 2.24) is 20.3 Å². The molecular formula is C14H16N4O3S. The molecule has 1 amide bonds. The number of aryl methyl sites for hydroxylation is 1. The molecule has 2 aromatic rings. The molecule has 0 saturated carbocycles. The van der Waals surface area contributed by atoms with E-state index in [9.17, 15) is 13.2 Å². The largest absolute Gasteiger partial charge is 0.347 e. The zero-order valence-electron chi connectivity index (χ0n) is 12.1. The Bertz CT molecular complexity index is 799. The highest BCUT2D eigenvalue weighted by Gasteiger charge is 2.30. The number of benzene rings is 1. The first-order chi connectivity index (χ1) is 10.4. The molecule has 0 aliphatic carbocycles. The van der Waals surface area contributed by atoms with Crippen LogP contribution in [0.2, 0.25) is 0 Å². The monoisotopic (exact) mass is 320 g/mol. The van der Waals surface area contributed by atoms with Gasteiger partial charge in [0.25, 0.3) is 5.91 Å². The number of rotatable bonds is 3. The van der Waals surface area contributed by atoms with Crippen molar-refractivity contribution in [3.05, 3.63) is 41.7 Å². The number of aromatic nitrogens is 3. The van der Waals surface area contributed by atoms with Gasteiger partial charge >= 0.3 is 0 Å². The number of hydrogen-bond acceptors (Lipinski definition) is 5. The van der Waals surface area contributed by atoms with Crippen molar-refractivity contribution in [2.24, 2.45) is 0 Å². The maximum absolute atomic E-state index is 12.3. The lowest BCUT2D eigenvalue weighted by molar-refractivity contribution is 0.0935. The molecule has 1 saturated heterocycles. The van der Waals surface area contributed by atoms with E-state index in [0.29, 0.717) is 12.1 Å². The quantitative estimate of drug-likeness (QED) is 0.888. The first-order valence-corrected chi connectivity index (χ1v) is 8.77. The maximum Gasteiger partial charge on any atom is 0.274 e. The summed E-state index contributed by atoms with van der Waals surface area (Å²) in [7, 11) is -3.03. The third kappa shape index (κ3) is 3.01. The summed E-state index contributed by atoms with van der Waals surface area (Å²) in [5.74, 6) is -0.278. The molecule has 22 heavy (non-hydrogen) atoms. The molecular weight excluding hydrogens is 304 g/mol. The van der Waals surface area contributed by atoms with E-state index in [2.05, 4.69) is 15.5 Å². The van der Waals surface area contributed by atoms with Crippen LogP contribution in [-0.4, -0.2) is 46.9 Å². The van der Waals surface area contributed by atoms with Gasteiger partial charge in [-0.15, -0.1) is 5.10 Å². The van der Waals surface area contributed by atoms with Gasteiger partial charge in [-0.2, -0.15) is 9.90 Å². The maximum atomic E-state index is 12.3. The molecule has 1 fully saturated rings. The number of para-hydroxylation sites is 1. The summed E-state index contributed by atoms with van der Waals surface area (Å²) in [4.78, 5) is 13.7. The lowest BCUT2D eigenvalue weighted by Gasteiger charge is -2.09. The van der Waals surface area contributed by atoms with E-state index in [4.69, 9.17) is 0 Å². The van der Waals surface area contributed by atoms with E-state index in [0.717, 1.165) is 5.69 Å². The van der Waals surface area contributed by atoms with E-state index >= 15 is 0 Å². The number of amides is 1. The highest BCUT2D eigenvalue weighted by atomic mass is 32.2. The third-order valence-electron chi connectivity index (χ3n) is 3.55. The average molecular weight is 320 g/mol. The molecule has 3 rings (SSSR count). The molecule has 0 radical (unpaired) electrons. The van der Waals surface area contributed by atoms with Crippen LogP contribution < -0.4 is 5.32 Å². The van der Waals surface area contributed by atoms with Gasteiger partial charge in [-0.05, 0) is 25.5 Å². The van der Waals surface area contributed by atoms with Crippen molar-refractivity contribution in [2.45, 2.75) is 19.4 Å². The van der Waals surface area contributed by atoms with E-state index < -0.39 is 9.84 Å². The molecule has 1 unspecified atom stereocenters. The van der Waals surface area contributed by atoms with Crippen LogP contribution in [0.1, 0.15) is 22.6 Å². The van der Waals surface area contributed by atoms with Crippen molar-refractivity contribution in [3.63, 3.8) is 0 Å². The van der Waals surface area contributed by atoms with Gasteiger partial charge in [-0.25, -0.2) is 8.42 Å². The molecule has 1 N–H and O–H groups in total. The standard InChI is InChI=1S/C14H16N4O3S/c1-10-13(14(19)15-11-7-8-22(20,21)9-11)17-18(16-10)12-5-3-2-4-6-12/h2-6,11H,7-9H2,1H3,(H,15,19). The lowest BCUT2D eigenvalue weighted by atomic mass is 10.2. The second kappa shape index (κ2) is 5.53. The minimum Gasteiger partial charge on any atom is -0.347 e. The van der Waals surface area contributed by atoms with E-state index in [-0.39, 0.29) is 29.1 Å². The van der Waals surface area contributed by atoms with Crippen molar-refractivity contribution in [1.29, 1.82) is 0 Å². The van der Waals surface area contributed by atoms with Crippen LogP contribution >= 0.6 is 0 Å². The first-order valence-electron chi connectivity index (χ1n) is 6.95. The van der Waals surface area contributed by atoms with E-state index in [1.807, 2.05) is 30.3 Å². The van der Waals surface area contributed by atoms with Gasteiger partial charge in [0.15, 0.2) is 15.5 Å². The summed E-state index contributed by atoms with van der Waals surface area (Å²) in [6.45, 7) is 1.70. The van der Waals surface area contributed by atoms with E-state index in [1.165, 1.54) is 4.80 Å². The minimum atomic E-state index is -3.03. The van der Waals surface area contributed by atoms with Gasteiger partial charge in [0, 0.05) is 6.04 Å². The van der Waals surface area contributed by atoms with Crippen LogP contribution in [0.5, 0.6) is 0 Å². The number of sulfone groups is 1. The normalized spacial score (nSPS) is 20.0. The molecule has 1 aromatic heterocycles. The SMILES string of the molecule is Cc1nn(-c2ccccc2)nc1C(=O)NC1CCS(=O)(=O)C1. The Kier molecular flexibility index (Phi) is 3.69. The molecule has 8 heteroatoms. The second-order valence-corrected chi connectivity index (χ2v) is 7.56. The topological polar surface area (TPSA) is 93.9 Å². The Balaban J connectivity index is 1.78. The highest BCUT2D eigenvalue weighted by molar-refractivity contribution is 7.91. The summed E-state index contributed by atoms with van der Waals surface area (Å²) >= 11 is 0. The Labute approximate surface area is 128 Å². The van der Waals surface area contributed by atoms with Crippen LogP contribution in [0.25, 0.3) is 5.69 Å². The van der Waals surface area contributed by atoms with Crippen LogP contribution in [0.4, 0.5) is 0 Å². The number of hydrogen-bond donors (Lipinski definition) is 1. The fourth-order valence-electron chi connectivity index (χ4n) is 2.43. The zero-order chi connectivity index (χ0) is 15.7. The lowest BCUT2D eigenvalue weighted by Crippen LogP contribution is -2.36. The molecule has 2 heterocycles. The summed E-state index contributed by atoms with van der Waals surface area (Å²) in [5, 5.41) is 11.2. The molecule has 1 aliphatic heterocycles. The van der Waals surface area contributed by atoms with Gasteiger partial charge in [0.2, 0.25) is 0 Å². The van der Waals surface area contributed by atoms with Gasteiger partial charge in [-0.1, -0.05) is 18.2 Å². The van der Waals surface area contributed by atoms with Crippen molar-refractivity contribution < 1.29 is 13.2 Å². The van der Waals surface area contributed by atoms with Gasteiger partial charge < -0.3 is 5.32 Å². The van der Waals surface area contributed by atoms with Gasteiger partial charge in [0.05, 0.1) is 22.9 Å². The molecule has 116 valence electrons. The van der Waals surface area contributed by atoms with Crippen molar-refractivity contribution in [2.75, 3.05) is 11.5 Å². The van der Waals surface area contributed by atoms with Crippen LogP contribution in [0.3, 0.4) is 0 Å². The van der Waals surface area contributed by atoms with E-state index in [1.54, 1.807) is 6.92 Å². The fourth-order valence-corrected chi connectivity index (χ4v) is 4.10. The van der Waals surface area contributed by atoms with Gasteiger partial charge in [0.1, 0.15) is 0 Å². The number of carbonyl (C=O) groups excluding carboxylic acids is 1. The zero-order valence-corrected chi connectivity index (χ0v) is 12.9. The summed E-state index contributed by atoms with van der Waals surface area (Å²) in [6, 6.07) is 8.93. The smallest absolute Gasteiger partial charge is 0.274 e. The summed E-state index contributed by atoms with van der Waals surface area (Å²) < 4.78 is 22.9. The molecule has 0 bridgehead atoms. The Hall–Kier alpha value is -2.22. The molecule has 1 aliphatic rings. The molecule has 1 aromatic carbocycles. The minimum absolute atomic E-state index is 0.00932. The Morgan fingerprint density at radius 3 is 2.64 bits per heavy atom. The number of nitrogens with one attached hydrogen (secondary N) is 1. The predicted molar refractivity (Wildman–Crippen MR) is 80.6 cm³/mol. The molecule has 0 spiro atoms. The third-order valence-corrected chi connectivity index (χ3v) is 5.32. The number of nitrogens with zero attached hydrogens (tertiary/aromatic N) is 3. The summed E-state index contributed by atoms with van der Waals surface area (Å²) in [5.41, 5.74) is 1.48. The van der Waals surface area contributed by atoms with Crippen molar-refractivity contribution >= 4 is 15.7 Å². The first kappa shape index (κ1) is 14.7. The number of carbonyl (C=O) groups is 1. The summed E-state index contributed by atoms with van der Waals surface area (Å²) in [6.07, 6.45) is 0.444. The highest BCUT2D eigenvalue weighted by Crippen LogP contribution is 2.13. The molecule has 1 atom stereocenters. The van der Waals surface area contributed by atoms with Crippen molar-refractivity contribution in [3.8, 4) is 5.69 Å². The Morgan fingerprint density at radius 1 is 1.27 bits per heavy atom. The fraction of sp³-hybridized carbons (Fsp3) is 0.357. The van der Waals surface area contributed by atoms with Gasteiger partial charge in [-0.3, -0.25) is 4.79 Å². The van der Waals surface area contributed by atoms with Crippen LogP contribution in [0.15, 0.2) is 30.3 Å².